The number of fused-ring (bicyclic) bond motifs is 1. The fraction of sp³-hybridized carbons (Fsp3) is 0.458. The molecule has 0 spiro atoms. The molecule has 4 heterocycles. The third-order valence-corrected chi connectivity index (χ3v) is 6.75. The molecule has 33 heavy (non-hydrogen) atoms. The van der Waals surface area contributed by atoms with Gasteiger partial charge in [0.15, 0.2) is 5.69 Å². The van der Waals surface area contributed by atoms with Crippen molar-refractivity contribution in [3.8, 4) is 0 Å². The molecule has 3 aromatic rings. The summed E-state index contributed by atoms with van der Waals surface area (Å²) in [5, 5.41) is 6.30. The predicted octanol–water partition coefficient (Wildman–Crippen LogP) is 3.80. The Morgan fingerprint density at radius 1 is 1.27 bits per heavy atom. The third kappa shape index (κ3) is 5.13. The molecule has 2 amide bonds. The molecule has 0 aliphatic carbocycles. The van der Waals surface area contributed by atoms with E-state index in [-0.39, 0.29) is 23.8 Å². The molecule has 3 aromatic heterocycles. The summed E-state index contributed by atoms with van der Waals surface area (Å²) >= 11 is 1.53. The van der Waals surface area contributed by atoms with Gasteiger partial charge in [0.05, 0.1) is 16.3 Å². The van der Waals surface area contributed by atoms with Crippen molar-refractivity contribution in [1.29, 1.82) is 0 Å². The average Bonchev–Trinajstić information content (AvgIpc) is 3.11. The molecule has 0 bridgehead atoms. The lowest BCUT2D eigenvalue weighted by molar-refractivity contribution is -0.128. The molecule has 1 saturated heterocycles. The molecule has 174 valence electrons. The zero-order valence-electron chi connectivity index (χ0n) is 19.7. The van der Waals surface area contributed by atoms with E-state index in [0.717, 1.165) is 20.7 Å². The number of rotatable bonds is 6. The number of aromatic nitrogens is 3. The van der Waals surface area contributed by atoms with Gasteiger partial charge in [0.25, 0.3) is 5.91 Å². The van der Waals surface area contributed by atoms with Gasteiger partial charge in [-0.05, 0) is 31.5 Å². The number of amides is 2. The number of nitrogens with one attached hydrogen (secondary N) is 2. The van der Waals surface area contributed by atoms with Crippen molar-refractivity contribution in [2.75, 3.05) is 25.0 Å². The Labute approximate surface area is 197 Å². The van der Waals surface area contributed by atoms with Crippen LogP contribution in [0, 0.1) is 18.3 Å². The van der Waals surface area contributed by atoms with E-state index in [4.69, 9.17) is 0 Å². The summed E-state index contributed by atoms with van der Waals surface area (Å²) in [5.41, 5.74) is 1.79. The van der Waals surface area contributed by atoms with E-state index in [9.17, 15) is 9.59 Å². The van der Waals surface area contributed by atoms with Crippen LogP contribution in [0.25, 0.3) is 10.2 Å². The molecule has 0 radical (unpaired) electrons. The highest BCUT2D eigenvalue weighted by atomic mass is 32.1. The maximum atomic E-state index is 13.3. The molecule has 4 rings (SSSR count). The van der Waals surface area contributed by atoms with Crippen molar-refractivity contribution in [2.45, 2.75) is 40.7 Å². The highest BCUT2D eigenvalue weighted by Crippen LogP contribution is 2.30. The van der Waals surface area contributed by atoms with Crippen molar-refractivity contribution in [1.82, 2.24) is 25.2 Å². The highest BCUT2D eigenvalue weighted by molar-refractivity contribution is 7.19. The molecule has 1 aliphatic heterocycles. The van der Waals surface area contributed by atoms with Crippen molar-refractivity contribution in [3.05, 3.63) is 46.7 Å². The molecule has 8 nitrogen and oxygen atoms in total. The number of hydrogen-bond acceptors (Lipinski definition) is 7. The second-order valence-electron chi connectivity index (χ2n) is 9.66. The van der Waals surface area contributed by atoms with Gasteiger partial charge in [-0.25, -0.2) is 9.97 Å². The Kier molecular flexibility index (Phi) is 6.34. The van der Waals surface area contributed by atoms with Gasteiger partial charge in [0.1, 0.15) is 0 Å². The summed E-state index contributed by atoms with van der Waals surface area (Å²) in [4.78, 5) is 41.7. The molecular formula is C24H30N6O2S. The van der Waals surface area contributed by atoms with Crippen LogP contribution in [0.2, 0.25) is 0 Å². The van der Waals surface area contributed by atoms with Crippen LogP contribution in [0.5, 0.6) is 0 Å². The van der Waals surface area contributed by atoms with Crippen molar-refractivity contribution < 1.29 is 9.59 Å². The monoisotopic (exact) mass is 466 g/mol. The number of nitrogens with zero attached hydrogens (tertiary/aromatic N) is 4. The molecule has 0 saturated carbocycles. The predicted molar refractivity (Wildman–Crippen MR) is 130 cm³/mol. The van der Waals surface area contributed by atoms with Crippen molar-refractivity contribution in [2.24, 2.45) is 11.3 Å². The van der Waals surface area contributed by atoms with Gasteiger partial charge in [-0.2, -0.15) is 0 Å². The lowest BCUT2D eigenvalue weighted by Gasteiger charge is -2.39. The van der Waals surface area contributed by atoms with Gasteiger partial charge in [-0.3, -0.25) is 14.6 Å². The standard InChI is InChI=1S/C24H30N6O2S/c1-14-9-18-20(33-14)19(29-23(28-18)27-15(2)17-7-6-8-25-11-17)21(31)30-12-16(13-30)10-26-22(32)24(3,4)5/h6-9,11,15-16H,10,12-13H2,1-5H3,(H,26,32)(H,27,28,29)/t15-/m0/s1. The number of anilines is 1. The molecule has 1 fully saturated rings. The minimum absolute atomic E-state index is 0.0253. The number of likely N-dealkylation sites (tertiary alicyclic amines) is 1. The van der Waals surface area contributed by atoms with Crippen LogP contribution in [0.15, 0.2) is 30.6 Å². The maximum absolute atomic E-state index is 13.3. The van der Waals surface area contributed by atoms with Gasteiger partial charge in [-0.15, -0.1) is 11.3 Å². The Hall–Kier alpha value is -3.07. The van der Waals surface area contributed by atoms with Crippen LogP contribution in [0.1, 0.15) is 54.7 Å². The summed E-state index contributed by atoms with van der Waals surface area (Å²) in [7, 11) is 0. The second-order valence-corrected chi connectivity index (χ2v) is 10.9. The molecule has 0 aromatic carbocycles. The third-order valence-electron chi connectivity index (χ3n) is 5.70. The first-order valence-electron chi connectivity index (χ1n) is 11.1. The van der Waals surface area contributed by atoms with Crippen molar-refractivity contribution in [3.63, 3.8) is 0 Å². The minimum atomic E-state index is -0.417. The van der Waals surface area contributed by atoms with Gasteiger partial charge in [-0.1, -0.05) is 26.8 Å². The quantitative estimate of drug-likeness (QED) is 0.573. The number of aryl methyl sites for hydroxylation is 1. The number of thiophene rings is 1. The SMILES string of the molecule is Cc1cc2nc(N[C@@H](C)c3cccnc3)nc(C(=O)N3CC(CNC(=O)C(C)(C)C)C3)c2s1. The summed E-state index contributed by atoms with van der Waals surface area (Å²) < 4.78 is 0.807. The number of pyridine rings is 1. The summed E-state index contributed by atoms with van der Waals surface area (Å²) in [6, 6.07) is 5.81. The first-order chi connectivity index (χ1) is 15.6. The summed E-state index contributed by atoms with van der Waals surface area (Å²) in [6.07, 6.45) is 3.54. The lowest BCUT2D eigenvalue weighted by atomic mass is 9.94. The summed E-state index contributed by atoms with van der Waals surface area (Å²) in [6.45, 7) is 11.5. The Balaban J connectivity index is 1.48. The fourth-order valence-corrected chi connectivity index (χ4v) is 4.62. The van der Waals surface area contributed by atoms with Gasteiger partial charge < -0.3 is 15.5 Å². The zero-order valence-corrected chi connectivity index (χ0v) is 20.5. The molecule has 0 unspecified atom stereocenters. The lowest BCUT2D eigenvalue weighted by Crippen LogP contribution is -2.54. The van der Waals surface area contributed by atoms with E-state index < -0.39 is 5.41 Å². The molecule has 1 aliphatic rings. The number of carbonyl (C=O) groups excluding carboxylic acids is 2. The van der Waals surface area contributed by atoms with E-state index >= 15 is 0 Å². The first kappa shape index (κ1) is 23.1. The number of carbonyl (C=O) groups is 2. The van der Waals surface area contributed by atoms with E-state index in [2.05, 4.69) is 25.6 Å². The minimum Gasteiger partial charge on any atom is -0.355 e. The average molecular weight is 467 g/mol. The Bertz CT molecular complexity index is 1160. The van der Waals surface area contributed by atoms with Crippen LogP contribution >= 0.6 is 11.3 Å². The summed E-state index contributed by atoms with van der Waals surface area (Å²) in [5.74, 6) is 0.609. The van der Waals surface area contributed by atoms with E-state index in [1.54, 1.807) is 17.3 Å². The zero-order chi connectivity index (χ0) is 23.8. The fourth-order valence-electron chi connectivity index (χ4n) is 3.68. The van der Waals surface area contributed by atoms with Crippen molar-refractivity contribution >= 4 is 39.3 Å². The van der Waals surface area contributed by atoms with E-state index in [0.29, 0.717) is 31.3 Å². The van der Waals surface area contributed by atoms with E-state index in [1.165, 1.54) is 11.3 Å². The number of hydrogen-bond donors (Lipinski definition) is 2. The van der Waals surface area contributed by atoms with Gasteiger partial charge >= 0.3 is 0 Å². The molecule has 2 N–H and O–H groups in total. The van der Waals surface area contributed by atoms with Gasteiger partial charge in [0.2, 0.25) is 11.9 Å². The Morgan fingerprint density at radius 2 is 2.03 bits per heavy atom. The Morgan fingerprint density at radius 3 is 2.70 bits per heavy atom. The largest absolute Gasteiger partial charge is 0.355 e. The second kappa shape index (κ2) is 9.05. The molecular weight excluding hydrogens is 436 g/mol. The topological polar surface area (TPSA) is 100 Å². The van der Waals surface area contributed by atoms with Crippen LogP contribution in [0.4, 0.5) is 5.95 Å². The van der Waals surface area contributed by atoms with E-state index in [1.807, 2.05) is 52.8 Å². The smallest absolute Gasteiger partial charge is 0.274 e. The highest BCUT2D eigenvalue weighted by Gasteiger charge is 2.34. The van der Waals surface area contributed by atoms with Crippen LogP contribution in [-0.4, -0.2) is 51.3 Å². The van der Waals surface area contributed by atoms with Crippen LogP contribution in [0.3, 0.4) is 0 Å². The van der Waals surface area contributed by atoms with Crippen LogP contribution < -0.4 is 10.6 Å². The molecule has 9 heteroatoms. The molecule has 1 atom stereocenters. The van der Waals surface area contributed by atoms with Gasteiger partial charge in [0, 0.05) is 48.2 Å². The maximum Gasteiger partial charge on any atom is 0.274 e. The normalized spacial score (nSPS) is 15.2. The first-order valence-corrected chi connectivity index (χ1v) is 12.0. The van der Waals surface area contributed by atoms with Crippen LogP contribution in [-0.2, 0) is 4.79 Å².